The van der Waals surface area contributed by atoms with Crippen molar-refractivity contribution in [3.8, 4) is 0 Å². The molecule has 10 atom stereocenters. The van der Waals surface area contributed by atoms with Crippen LogP contribution in [0.15, 0.2) is 35.9 Å². The van der Waals surface area contributed by atoms with Crippen LogP contribution in [-0.2, 0) is 50.9 Å². The van der Waals surface area contributed by atoms with Gasteiger partial charge in [-0.15, -0.1) is 0 Å². The molecule has 4 rings (SSSR count). The number of ether oxygens (including phenoxy) is 3. The largest absolute Gasteiger partial charge is 0.457 e. The lowest BCUT2D eigenvalue weighted by molar-refractivity contribution is -0.162. The number of nitrogens with one attached hydrogen (secondary N) is 2. The highest BCUT2D eigenvalue weighted by atomic mass is 35.5. The monoisotopic (exact) mass is 942 g/mol. The first-order chi connectivity index (χ1) is 28.8. The van der Waals surface area contributed by atoms with Crippen molar-refractivity contribution in [1.82, 2.24) is 15.5 Å². The molecule has 0 radical (unpaired) electrons. The number of epoxide rings is 1. The number of halogens is 1. The minimum Gasteiger partial charge on any atom is -0.457 e. The van der Waals surface area contributed by atoms with Crippen LogP contribution in [0, 0.1) is 18.8 Å². The van der Waals surface area contributed by atoms with Gasteiger partial charge in [0.05, 0.1) is 23.2 Å². The van der Waals surface area contributed by atoms with E-state index in [-0.39, 0.29) is 31.6 Å². The molecule has 4 bridgehead atoms. The number of allylic oxidation sites excluding steroid dienone is 3. The van der Waals surface area contributed by atoms with Gasteiger partial charge in [-0.05, 0) is 78.0 Å². The Morgan fingerprint density at radius 1 is 1.23 bits per heavy atom. The summed E-state index contributed by atoms with van der Waals surface area (Å²) in [4.78, 5) is 69.3. The van der Waals surface area contributed by atoms with E-state index in [4.69, 9.17) is 25.8 Å². The van der Waals surface area contributed by atoms with E-state index in [0.717, 1.165) is 16.7 Å². The number of aliphatic hydroxyl groups is 1. The second kappa shape index (κ2) is 21.2. The summed E-state index contributed by atoms with van der Waals surface area (Å²) in [5.74, 6) is -2.53. The van der Waals surface area contributed by atoms with Crippen molar-refractivity contribution in [3.63, 3.8) is 0 Å². The average Bonchev–Trinajstić information content (AvgIpc) is 3.90. The van der Waals surface area contributed by atoms with Crippen LogP contribution in [0.5, 0.6) is 0 Å². The van der Waals surface area contributed by atoms with Gasteiger partial charge >= 0.3 is 12.1 Å². The van der Waals surface area contributed by atoms with Gasteiger partial charge in [-0.2, -0.15) is 0 Å². The van der Waals surface area contributed by atoms with Crippen LogP contribution in [0.2, 0.25) is 5.02 Å². The lowest BCUT2D eigenvalue weighted by Crippen LogP contribution is -2.60. The third-order valence-electron chi connectivity index (χ3n) is 12.1. The zero-order valence-corrected chi connectivity index (χ0v) is 40.6. The number of alkyl carbamates (subject to hydrolysis) is 1. The molecular formula is C43H63ClN4O11S3. The number of rotatable bonds is 13. The molecule has 3 aliphatic rings. The van der Waals surface area contributed by atoms with Crippen LogP contribution in [0.4, 0.5) is 10.5 Å². The molecule has 1 aromatic carbocycles. The van der Waals surface area contributed by atoms with Crippen LogP contribution in [0.1, 0.15) is 91.7 Å². The van der Waals surface area contributed by atoms with Gasteiger partial charge in [0.25, 0.3) is 0 Å². The lowest BCUT2D eigenvalue weighted by Gasteiger charge is -2.41. The SMILES string of the molecule is CNC(=O)C(CCSSC(C)(C)CCC(=O)N(C)[C@@H](C)C(=O)O[C@H]1CC(=O)N(C)c2cc(cc(C)c2Cl)C/C(C)=C/C=C/[C@@H](C)[C@@]2(O)C[C@H](OC(=O)N2)[C@@H](C)[C@@H]2O[C@@]12C)S(=O)O. The molecule has 15 nitrogen and oxygen atoms in total. The number of anilines is 1. The fourth-order valence-corrected chi connectivity index (χ4v) is 11.3. The van der Waals surface area contributed by atoms with Gasteiger partial charge in [0, 0.05) is 56.3 Å². The smallest absolute Gasteiger partial charge is 0.409 e. The average molecular weight is 944 g/mol. The number of likely N-dealkylation sites (N-methyl/N-ethyl adjacent to an activating group) is 1. The van der Waals surface area contributed by atoms with Gasteiger partial charge in [0.1, 0.15) is 34.8 Å². The molecule has 346 valence electrons. The van der Waals surface area contributed by atoms with Gasteiger partial charge in [-0.1, -0.05) is 76.9 Å². The molecule has 2 fully saturated rings. The lowest BCUT2D eigenvalue weighted by atomic mass is 9.82. The van der Waals surface area contributed by atoms with Crippen molar-refractivity contribution in [2.75, 3.05) is 31.8 Å². The van der Waals surface area contributed by atoms with Gasteiger partial charge in [0.15, 0.2) is 11.1 Å². The van der Waals surface area contributed by atoms with Crippen LogP contribution < -0.4 is 15.5 Å². The van der Waals surface area contributed by atoms with Crippen molar-refractivity contribution in [3.05, 3.63) is 52.1 Å². The van der Waals surface area contributed by atoms with E-state index in [9.17, 15) is 37.8 Å². The molecule has 0 aliphatic carbocycles. The number of hydrogen-bond acceptors (Lipinski definition) is 12. The minimum atomic E-state index is -2.30. The fourth-order valence-electron chi connectivity index (χ4n) is 7.63. The molecule has 0 saturated carbocycles. The molecule has 3 heterocycles. The maximum absolute atomic E-state index is 14.2. The van der Waals surface area contributed by atoms with Crippen molar-refractivity contribution in [2.45, 2.75) is 140 Å². The summed E-state index contributed by atoms with van der Waals surface area (Å²) in [6, 6.07) is 2.77. The number of carbonyl (C=O) groups excluding carboxylic acids is 5. The summed E-state index contributed by atoms with van der Waals surface area (Å²) in [6.45, 7) is 14.7. The second-order valence-corrected chi connectivity index (χ2v) is 22.1. The summed E-state index contributed by atoms with van der Waals surface area (Å²) < 4.78 is 38.9. The molecule has 2 unspecified atom stereocenters. The standard InChI is InChI=1S/C43H63ClN4O11S3/c1-24-13-12-14-26(3)43(54)23-31(57-40(53)46-43)27(4)37-42(8,59-37)33(22-35(50)48(11)30-21-29(19-24)20-25(2)36(30)44)58-39(52)28(5)47(10)34(49)15-17-41(6,7)61-60-18-16-32(62(55)56)38(51)45-9/h12-14,20-21,26-28,31-33,37,54H,15-19,22-23H2,1-11H3,(H,45,51)(H,46,53)(H,55,56)/b14-12+,24-13+/t26-,27-,28+,31+,32?,33+,37+,42+,43+/m1/s1. The molecular weight excluding hydrogens is 880 g/mol. The summed E-state index contributed by atoms with van der Waals surface area (Å²) >= 11 is 4.51. The Kier molecular flexibility index (Phi) is 17.6. The van der Waals surface area contributed by atoms with E-state index in [0.29, 0.717) is 29.3 Å². The molecule has 0 aromatic heterocycles. The Hall–Kier alpha value is -3.13. The number of carbonyl (C=O) groups is 5. The summed E-state index contributed by atoms with van der Waals surface area (Å²) in [5.41, 5.74) is 0.329. The Morgan fingerprint density at radius 3 is 2.55 bits per heavy atom. The number of fused-ring (bicyclic) bond motifs is 5. The minimum absolute atomic E-state index is 0.0434. The van der Waals surface area contributed by atoms with E-state index in [1.165, 1.54) is 45.5 Å². The Labute approximate surface area is 380 Å². The maximum Gasteiger partial charge on any atom is 0.409 e. The fraction of sp³-hybridized carbons (Fsp3) is 0.651. The molecule has 2 saturated heterocycles. The first-order valence-corrected chi connectivity index (χ1v) is 24.6. The maximum atomic E-state index is 14.2. The van der Waals surface area contributed by atoms with E-state index >= 15 is 0 Å². The van der Waals surface area contributed by atoms with Crippen molar-refractivity contribution in [2.24, 2.45) is 11.8 Å². The van der Waals surface area contributed by atoms with E-state index < -0.39 is 92.5 Å². The predicted molar refractivity (Wildman–Crippen MR) is 244 cm³/mol. The topological polar surface area (TPSA) is 204 Å². The van der Waals surface area contributed by atoms with Crippen LogP contribution in [0.25, 0.3) is 0 Å². The number of esters is 1. The molecule has 4 amide bonds. The highest BCUT2D eigenvalue weighted by Gasteiger charge is 2.64. The van der Waals surface area contributed by atoms with Gasteiger partial charge < -0.3 is 39.0 Å². The molecule has 3 aliphatic heterocycles. The molecule has 19 heteroatoms. The molecule has 1 aromatic rings. The first kappa shape index (κ1) is 51.5. The number of aryl methyl sites for hydroxylation is 1. The summed E-state index contributed by atoms with van der Waals surface area (Å²) in [6.07, 6.45) is 3.28. The van der Waals surface area contributed by atoms with Crippen molar-refractivity contribution >= 4 is 79.7 Å². The van der Waals surface area contributed by atoms with Crippen LogP contribution >= 0.6 is 33.2 Å². The van der Waals surface area contributed by atoms with Crippen LogP contribution in [0.3, 0.4) is 0 Å². The van der Waals surface area contributed by atoms with Crippen LogP contribution in [-0.4, -0.2) is 121 Å². The summed E-state index contributed by atoms with van der Waals surface area (Å²) in [5, 5.41) is 16.1. The Morgan fingerprint density at radius 2 is 1.90 bits per heavy atom. The third kappa shape index (κ3) is 12.8. The Bertz CT molecular complexity index is 1950. The zero-order valence-electron chi connectivity index (χ0n) is 37.4. The summed E-state index contributed by atoms with van der Waals surface area (Å²) in [7, 11) is 7.48. The number of hydrogen-bond donors (Lipinski definition) is 4. The van der Waals surface area contributed by atoms with E-state index in [2.05, 4.69) is 10.6 Å². The molecule has 4 N–H and O–H groups in total. The van der Waals surface area contributed by atoms with Gasteiger partial charge in [0.2, 0.25) is 17.7 Å². The molecule has 62 heavy (non-hydrogen) atoms. The Balaban J connectivity index is 1.54. The highest BCUT2D eigenvalue weighted by molar-refractivity contribution is 8.77. The normalized spacial score (nSPS) is 29.7. The number of nitrogens with zero attached hydrogens (tertiary/aromatic N) is 2. The first-order valence-electron chi connectivity index (χ1n) is 20.7. The predicted octanol–water partition coefficient (Wildman–Crippen LogP) is 6.10. The highest BCUT2D eigenvalue weighted by Crippen LogP contribution is 2.49. The third-order valence-corrected chi connectivity index (χ3v) is 16.9. The molecule has 0 spiro atoms. The van der Waals surface area contributed by atoms with Crippen molar-refractivity contribution in [1.29, 1.82) is 0 Å². The second-order valence-electron chi connectivity index (χ2n) is 17.5. The van der Waals surface area contributed by atoms with Gasteiger partial charge in [-0.25, -0.2) is 13.8 Å². The van der Waals surface area contributed by atoms with Gasteiger partial charge in [-0.3, -0.25) is 19.7 Å². The quantitative estimate of drug-likeness (QED) is 0.0581. The van der Waals surface area contributed by atoms with E-state index in [1.54, 1.807) is 27.8 Å². The van der Waals surface area contributed by atoms with E-state index in [1.807, 2.05) is 65.0 Å². The number of amides is 4. The van der Waals surface area contributed by atoms with Crippen molar-refractivity contribution < 1.29 is 52.1 Å². The number of benzene rings is 1. The zero-order chi connectivity index (χ0) is 46.5.